The van der Waals surface area contributed by atoms with E-state index in [1.54, 1.807) is 0 Å². The maximum atomic E-state index is 13.1. The number of phosphoric acid groups is 2. The molecule has 5 atom stereocenters. The van der Waals surface area contributed by atoms with Crippen LogP contribution in [-0.4, -0.2) is 96.7 Å². The quantitative estimate of drug-likeness (QED) is 0.0222. The predicted octanol–water partition coefficient (Wildman–Crippen LogP) is 22.7. The minimum atomic E-state index is -4.96. The van der Waals surface area contributed by atoms with Gasteiger partial charge in [-0.3, -0.25) is 37.3 Å². The van der Waals surface area contributed by atoms with E-state index in [-0.39, 0.29) is 25.7 Å². The largest absolute Gasteiger partial charge is 0.472 e. The highest BCUT2D eigenvalue weighted by atomic mass is 31.2. The number of carbonyl (C=O) groups excluding carboxylic acids is 4. The zero-order valence-corrected chi connectivity index (χ0v) is 64.5. The van der Waals surface area contributed by atoms with Gasteiger partial charge in [-0.25, -0.2) is 9.13 Å². The second-order valence-electron chi connectivity index (χ2n) is 28.7. The van der Waals surface area contributed by atoms with Crippen LogP contribution in [0, 0.1) is 11.8 Å². The summed E-state index contributed by atoms with van der Waals surface area (Å²) >= 11 is 0. The van der Waals surface area contributed by atoms with Gasteiger partial charge >= 0.3 is 39.5 Å². The lowest BCUT2D eigenvalue weighted by molar-refractivity contribution is -0.161. The molecule has 3 N–H and O–H groups in total. The molecule has 0 saturated carbocycles. The highest BCUT2D eigenvalue weighted by Crippen LogP contribution is 2.45. The van der Waals surface area contributed by atoms with Crippen LogP contribution in [0.3, 0.4) is 0 Å². The normalized spacial score (nSPS) is 14.0. The molecule has 0 amide bonds. The Bertz CT molecular complexity index is 1860. The van der Waals surface area contributed by atoms with Crippen LogP contribution in [0.15, 0.2) is 0 Å². The number of hydrogen-bond donors (Lipinski definition) is 3. The van der Waals surface area contributed by atoms with Crippen molar-refractivity contribution in [2.24, 2.45) is 11.8 Å². The van der Waals surface area contributed by atoms with E-state index < -0.39 is 97.5 Å². The van der Waals surface area contributed by atoms with E-state index in [2.05, 4.69) is 41.5 Å². The molecule has 17 nitrogen and oxygen atoms in total. The second kappa shape index (κ2) is 68.8. The predicted molar refractivity (Wildman–Crippen MR) is 391 cm³/mol. The first-order valence-corrected chi connectivity index (χ1v) is 43.0. The standard InChI is InChI=1S/C77H150O17P2/c1-7-9-11-13-15-17-19-20-21-22-23-24-29-33-37-43-50-56-62-77(82)93-72(65-87-74(79)59-53-47-41-35-32-28-26-25-27-31-34-39-45-51-57-69(3)4)67-91-95(83,84)89-63-71(78)64-90-96(85,86)92-68-73(66-88-75(80)60-54-48-44-38-40-46-52-58-70(5)6)94-76(81)61-55-49-42-36-30-18-16-14-12-10-8-2/h69-73,78H,7-68H2,1-6H3,(H,83,84)(H,85,86)/t71-,72-,73-/m1/s1. The van der Waals surface area contributed by atoms with Crippen molar-refractivity contribution in [1.29, 1.82) is 0 Å². The fraction of sp³-hybridized carbons (Fsp3) is 0.948. The van der Waals surface area contributed by atoms with Gasteiger partial charge in [0.15, 0.2) is 12.2 Å². The topological polar surface area (TPSA) is 237 Å². The molecule has 0 aromatic rings. The van der Waals surface area contributed by atoms with Crippen LogP contribution in [0.2, 0.25) is 0 Å². The van der Waals surface area contributed by atoms with E-state index in [1.807, 2.05) is 0 Å². The Kier molecular flexibility index (Phi) is 67.4. The monoisotopic (exact) mass is 1410 g/mol. The van der Waals surface area contributed by atoms with Crippen molar-refractivity contribution in [3.63, 3.8) is 0 Å². The molecule has 0 heterocycles. The van der Waals surface area contributed by atoms with Crippen molar-refractivity contribution in [2.45, 2.75) is 419 Å². The van der Waals surface area contributed by atoms with Gasteiger partial charge in [-0.15, -0.1) is 0 Å². The lowest BCUT2D eigenvalue weighted by atomic mass is 10.0. The molecule has 0 radical (unpaired) electrons. The molecule has 0 aromatic heterocycles. The van der Waals surface area contributed by atoms with Crippen molar-refractivity contribution in [3.8, 4) is 0 Å². The third-order valence-electron chi connectivity index (χ3n) is 18.0. The first kappa shape index (κ1) is 94.1. The number of aliphatic hydroxyl groups is 1. The zero-order chi connectivity index (χ0) is 70.7. The molecule has 0 saturated heterocycles. The van der Waals surface area contributed by atoms with Crippen LogP contribution in [0.4, 0.5) is 0 Å². The molecule has 0 fully saturated rings. The van der Waals surface area contributed by atoms with Gasteiger partial charge in [0, 0.05) is 25.7 Å². The molecule has 0 aliphatic rings. The van der Waals surface area contributed by atoms with Gasteiger partial charge in [0.2, 0.25) is 0 Å². The number of hydrogen-bond acceptors (Lipinski definition) is 15. The third kappa shape index (κ3) is 70.5. The molecule has 570 valence electrons. The molecule has 0 bridgehead atoms. The molecular weight excluding hydrogens is 1260 g/mol. The van der Waals surface area contributed by atoms with Gasteiger partial charge in [0.1, 0.15) is 19.3 Å². The Hall–Kier alpha value is -1.94. The van der Waals surface area contributed by atoms with E-state index in [1.165, 1.54) is 212 Å². The third-order valence-corrected chi connectivity index (χ3v) is 19.9. The molecular formula is C77H150O17P2. The van der Waals surface area contributed by atoms with Crippen LogP contribution in [0.1, 0.15) is 401 Å². The second-order valence-corrected chi connectivity index (χ2v) is 31.6. The highest BCUT2D eigenvalue weighted by Gasteiger charge is 2.30. The Morgan fingerprint density at radius 2 is 0.479 bits per heavy atom. The summed E-state index contributed by atoms with van der Waals surface area (Å²) in [4.78, 5) is 72.8. The lowest BCUT2D eigenvalue weighted by Gasteiger charge is -2.21. The molecule has 2 unspecified atom stereocenters. The molecule has 0 aromatic carbocycles. The Balaban J connectivity index is 5.22. The van der Waals surface area contributed by atoms with E-state index in [9.17, 15) is 43.2 Å². The summed E-state index contributed by atoms with van der Waals surface area (Å²) in [5.41, 5.74) is 0. The van der Waals surface area contributed by atoms with Gasteiger partial charge in [-0.1, -0.05) is 350 Å². The number of unbranched alkanes of at least 4 members (excludes halogenated alkanes) is 46. The zero-order valence-electron chi connectivity index (χ0n) is 62.7. The van der Waals surface area contributed by atoms with Gasteiger partial charge in [-0.2, -0.15) is 0 Å². The van der Waals surface area contributed by atoms with Crippen LogP contribution in [0.25, 0.3) is 0 Å². The van der Waals surface area contributed by atoms with Gasteiger partial charge in [0.05, 0.1) is 26.4 Å². The fourth-order valence-electron chi connectivity index (χ4n) is 11.8. The number of aliphatic hydroxyl groups excluding tert-OH is 1. The van der Waals surface area contributed by atoms with Crippen LogP contribution < -0.4 is 0 Å². The smallest absolute Gasteiger partial charge is 0.462 e. The molecule has 0 aliphatic heterocycles. The minimum Gasteiger partial charge on any atom is -0.462 e. The molecule has 0 rings (SSSR count). The maximum absolute atomic E-state index is 13.1. The van der Waals surface area contributed by atoms with Crippen molar-refractivity contribution in [3.05, 3.63) is 0 Å². The summed E-state index contributed by atoms with van der Waals surface area (Å²) in [5.74, 6) is -0.610. The summed E-state index contributed by atoms with van der Waals surface area (Å²) in [6.45, 7) is 9.57. The highest BCUT2D eigenvalue weighted by molar-refractivity contribution is 7.47. The molecule has 0 spiro atoms. The summed E-state index contributed by atoms with van der Waals surface area (Å²) < 4.78 is 68.5. The SMILES string of the molecule is CCCCCCCCCCCCCCCCCCCCC(=O)O[C@H](COC(=O)CCCCCCCCCCCCCCCCC(C)C)COP(=O)(O)OC[C@@H](O)COP(=O)(O)OC[C@@H](COC(=O)CCCCCCCCCC(C)C)OC(=O)CCCCCCCCCCCCC. The number of phosphoric ester groups is 2. The van der Waals surface area contributed by atoms with Gasteiger partial charge < -0.3 is 33.8 Å². The lowest BCUT2D eigenvalue weighted by Crippen LogP contribution is -2.30. The van der Waals surface area contributed by atoms with Crippen molar-refractivity contribution in [2.75, 3.05) is 39.6 Å². The summed E-state index contributed by atoms with van der Waals surface area (Å²) in [6.07, 6.45) is 56.9. The molecule has 19 heteroatoms. The van der Waals surface area contributed by atoms with Crippen LogP contribution >= 0.6 is 15.6 Å². The average Bonchev–Trinajstić information content (AvgIpc) is 1.10. The Morgan fingerprint density at radius 1 is 0.281 bits per heavy atom. The van der Waals surface area contributed by atoms with E-state index in [0.717, 1.165) is 102 Å². The Morgan fingerprint density at radius 3 is 0.708 bits per heavy atom. The van der Waals surface area contributed by atoms with E-state index in [4.69, 9.17) is 37.0 Å². The van der Waals surface area contributed by atoms with Crippen molar-refractivity contribution in [1.82, 2.24) is 0 Å². The summed E-state index contributed by atoms with van der Waals surface area (Å²) in [7, 11) is -9.91. The van der Waals surface area contributed by atoms with E-state index in [0.29, 0.717) is 31.6 Å². The Labute approximate surface area is 588 Å². The molecule has 96 heavy (non-hydrogen) atoms. The fourth-order valence-corrected chi connectivity index (χ4v) is 13.4. The summed E-state index contributed by atoms with van der Waals surface area (Å²) in [5, 5.41) is 10.6. The maximum Gasteiger partial charge on any atom is 0.472 e. The van der Waals surface area contributed by atoms with Crippen LogP contribution in [0.5, 0.6) is 0 Å². The first-order chi connectivity index (χ1) is 46.4. The number of ether oxygens (including phenoxy) is 4. The summed E-state index contributed by atoms with van der Waals surface area (Å²) in [6, 6.07) is 0. The minimum absolute atomic E-state index is 0.106. The first-order valence-electron chi connectivity index (χ1n) is 40.0. The van der Waals surface area contributed by atoms with Gasteiger partial charge in [0.25, 0.3) is 0 Å². The number of esters is 4. The van der Waals surface area contributed by atoms with Crippen LogP contribution in [-0.2, 0) is 65.4 Å². The number of rotatable bonds is 76. The van der Waals surface area contributed by atoms with Crippen molar-refractivity contribution < 1.29 is 80.2 Å². The van der Waals surface area contributed by atoms with Crippen molar-refractivity contribution >= 4 is 39.5 Å². The molecule has 0 aliphatic carbocycles. The number of carbonyl (C=O) groups is 4. The van der Waals surface area contributed by atoms with Gasteiger partial charge in [-0.05, 0) is 37.5 Å². The average molecular weight is 1410 g/mol. The van der Waals surface area contributed by atoms with E-state index >= 15 is 0 Å².